The molecule has 0 rings (SSSR count). The lowest BCUT2D eigenvalue weighted by molar-refractivity contribution is -0.121. The molecule has 3 N–H and O–H groups in total. The van der Waals surface area contributed by atoms with E-state index in [0.29, 0.717) is 0 Å². The number of alkyl carbamates (subject to hydrolysis) is 1. The minimum Gasteiger partial charge on any atom is -0.444 e. The van der Waals surface area contributed by atoms with E-state index in [1.54, 1.807) is 27.7 Å². The fourth-order valence-electron chi connectivity index (χ4n) is 0.651. The van der Waals surface area contributed by atoms with E-state index in [0.717, 1.165) is 0 Å². The van der Waals surface area contributed by atoms with Crippen LogP contribution in [0.4, 0.5) is 4.79 Å². The van der Waals surface area contributed by atoms with E-state index >= 15 is 0 Å². The number of nitrogens with one attached hydrogen (secondary N) is 1. The molecule has 96 valence electrons. The lowest BCUT2D eigenvalue weighted by Crippen LogP contribution is -2.37. The van der Waals surface area contributed by atoms with Gasteiger partial charge in [0.25, 0.3) is 0 Å². The van der Waals surface area contributed by atoms with Gasteiger partial charge >= 0.3 is 6.09 Å². The molecule has 0 bridgehead atoms. The second kappa shape index (κ2) is 7.96. The maximum Gasteiger partial charge on any atom is 0.407 e. The minimum atomic E-state index is -0.536. The Morgan fingerprint density at radius 1 is 1.31 bits per heavy atom. The molecule has 5 heteroatoms. The molecule has 2 amide bonds. The maximum absolute atomic E-state index is 11.1. The summed E-state index contributed by atoms with van der Waals surface area (Å²) in [6.45, 7) is 11.1. The van der Waals surface area contributed by atoms with Crippen molar-refractivity contribution in [3.63, 3.8) is 0 Å². The van der Waals surface area contributed by atoms with Gasteiger partial charge in [-0.25, -0.2) is 4.79 Å². The number of hydrogen-bond donors (Lipinski definition) is 2. The average molecular weight is 232 g/mol. The first-order valence-electron chi connectivity index (χ1n) is 5.48. The summed E-state index contributed by atoms with van der Waals surface area (Å²) in [5, 5.41) is 2.46. The van der Waals surface area contributed by atoms with Crippen molar-refractivity contribution in [1.82, 2.24) is 5.32 Å². The van der Waals surface area contributed by atoms with Crippen molar-refractivity contribution < 1.29 is 14.3 Å². The molecule has 0 fully saturated rings. The monoisotopic (exact) mass is 232 g/mol. The second-order valence-electron chi connectivity index (χ2n) is 4.19. The largest absolute Gasteiger partial charge is 0.444 e. The highest BCUT2D eigenvalue weighted by Gasteiger charge is 2.17. The number of ether oxygens (including phenoxy) is 1. The van der Waals surface area contributed by atoms with Gasteiger partial charge in [-0.15, -0.1) is 0 Å². The van der Waals surface area contributed by atoms with Crippen molar-refractivity contribution in [3.8, 4) is 0 Å². The predicted molar refractivity (Wildman–Crippen MR) is 63.9 cm³/mol. The lowest BCUT2D eigenvalue weighted by atomic mass is 10.2. The molecule has 1 atom stereocenters. The molecule has 0 aliphatic carbocycles. The number of carbonyl (C=O) groups excluding carboxylic acids is 2. The van der Waals surface area contributed by atoms with Crippen LogP contribution in [-0.4, -0.2) is 24.1 Å². The Hall–Kier alpha value is -1.26. The Bertz CT molecular complexity index is 222. The molecule has 0 saturated heterocycles. The number of amides is 2. The summed E-state index contributed by atoms with van der Waals surface area (Å²) in [5.74, 6) is -0.830. The number of carbonyl (C=O) groups is 2. The molecular weight excluding hydrogens is 208 g/mol. The van der Waals surface area contributed by atoms with E-state index in [1.807, 2.05) is 13.8 Å². The van der Waals surface area contributed by atoms with Crippen LogP contribution in [0.15, 0.2) is 0 Å². The van der Waals surface area contributed by atoms with Crippen molar-refractivity contribution in [2.75, 3.05) is 6.54 Å². The van der Waals surface area contributed by atoms with E-state index < -0.39 is 17.6 Å². The third-order valence-electron chi connectivity index (χ3n) is 1.44. The first-order valence-corrected chi connectivity index (χ1v) is 5.48. The summed E-state index contributed by atoms with van der Waals surface area (Å²) in [6.07, 6.45) is -0.536. The predicted octanol–water partition coefficient (Wildman–Crippen LogP) is 1.66. The second-order valence-corrected chi connectivity index (χ2v) is 4.19. The molecular formula is C11H24N2O3. The smallest absolute Gasteiger partial charge is 0.407 e. The third-order valence-corrected chi connectivity index (χ3v) is 1.44. The standard InChI is InChI=1S/C9H18N2O3.C2H6/c1-6(7(10)12)5-11-8(13)14-9(2,3)4;1-2/h6H,5H2,1-4H3,(H2,10,12)(H,11,13);1-2H3. The normalized spacial score (nSPS) is 11.9. The van der Waals surface area contributed by atoms with Crippen LogP contribution in [0.1, 0.15) is 41.5 Å². The summed E-state index contributed by atoms with van der Waals surface area (Å²) >= 11 is 0. The van der Waals surface area contributed by atoms with Crippen LogP contribution in [0.5, 0.6) is 0 Å². The van der Waals surface area contributed by atoms with Gasteiger partial charge in [0.15, 0.2) is 0 Å². The van der Waals surface area contributed by atoms with Crippen LogP contribution in [0, 0.1) is 5.92 Å². The van der Waals surface area contributed by atoms with Crippen molar-refractivity contribution >= 4 is 12.0 Å². The number of nitrogens with two attached hydrogens (primary N) is 1. The van der Waals surface area contributed by atoms with Crippen molar-refractivity contribution in [1.29, 1.82) is 0 Å². The maximum atomic E-state index is 11.1. The van der Waals surface area contributed by atoms with E-state index in [2.05, 4.69) is 5.32 Å². The molecule has 1 unspecified atom stereocenters. The summed E-state index contributed by atoms with van der Waals surface area (Å²) < 4.78 is 4.97. The Morgan fingerprint density at radius 3 is 2.06 bits per heavy atom. The fourth-order valence-corrected chi connectivity index (χ4v) is 0.651. The molecule has 0 heterocycles. The highest BCUT2D eigenvalue weighted by Crippen LogP contribution is 2.06. The highest BCUT2D eigenvalue weighted by atomic mass is 16.6. The first-order chi connectivity index (χ1) is 7.22. The minimum absolute atomic E-state index is 0.199. The molecule has 5 nitrogen and oxygen atoms in total. The Labute approximate surface area is 97.7 Å². The Morgan fingerprint density at radius 2 is 1.75 bits per heavy atom. The highest BCUT2D eigenvalue weighted by molar-refractivity contribution is 5.77. The fraction of sp³-hybridized carbons (Fsp3) is 0.818. The molecule has 0 radical (unpaired) electrons. The summed E-state index contributed by atoms with van der Waals surface area (Å²) in [4.78, 5) is 21.7. The Balaban J connectivity index is 0. The molecule has 0 aliphatic rings. The SMILES string of the molecule is CC.CC(CNC(=O)OC(C)(C)C)C(N)=O. The molecule has 0 aliphatic heterocycles. The topological polar surface area (TPSA) is 81.4 Å². The van der Waals surface area contributed by atoms with Crippen LogP contribution >= 0.6 is 0 Å². The zero-order valence-corrected chi connectivity index (χ0v) is 11.1. The van der Waals surface area contributed by atoms with Gasteiger partial charge in [0.1, 0.15) is 5.60 Å². The third kappa shape index (κ3) is 10.8. The van der Waals surface area contributed by atoms with Crippen LogP contribution in [0.25, 0.3) is 0 Å². The van der Waals surface area contributed by atoms with Crippen LogP contribution < -0.4 is 11.1 Å². The molecule has 0 saturated carbocycles. The van der Waals surface area contributed by atoms with E-state index in [9.17, 15) is 9.59 Å². The zero-order chi connectivity index (χ0) is 13.4. The van der Waals surface area contributed by atoms with Gasteiger partial charge in [-0.1, -0.05) is 20.8 Å². The van der Waals surface area contributed by atoms with Gasteiger partial charge < -0.3 is 15.8 Å². The van der Waals surface area contributed by atoms with Gasteiger partial charge in [0.05, 0.1) is 5.92 Å². The first kappa shape index (κ1) is 17.1. The van der Waals surface area contributed by atoms with Crippen molar-refractivity contribution in [2.24, 2.45) is 11.7 Å². The molecule has 0 spiro atoms. The number of rotatable bonds is 3. The van der Waals surface area contributed by atoms with Gasteiger partial charge in [-0.3, -0.25) is 4.79 Å². The quantitative estimate of drug-likeness (QED) is 0.776. The Kier molecular flexibility index (Phi) is 8.53. The van der Waals surface area contributed by atoms with E-state index in [-0.39, 0.29) is 12.5 Å². The van der Waals surface area contributed by atoms with Gasteiger partial charge in [-0.2, -0.15) is 0 Å². The lowest BCUT2D eigenvalue weighted by Gasteiger charge is -2.20. The molecule has 0 aromatic carbocycles. The van der Waals surface area contributed by atoms with Crippen molar-refractivity contribution in [3.05, 3.63) is 0 Å². The van der Waals surface area contributed by atoms with Crippen LogP contribution in [0.3, 0.4) is 0 Å². The van der Waals surface area contributed by atoms with Gasteiger partial charge in [-0.05, 0) is 20.8 Å². The van der Waals surface area contributed by atoms with Gasteiger partial charge in [0, 0.05) is 6.54 Å². The zero-order valence-electron chi connectivity index (χ0n) is 11.1. The summed E-state index contributed by atoms with van der Waals surface area (Å²) in [5.41, 5.74) is 4.49. The number of primary amides is 1. The van der Waals surface area contributed by atoms with Crippen LogP contribution in [-0.2, 0) is 9.53 Å². The van der Waals surface area contributed by atoms with Crippen molar-refractivity contribution in [2.45, 2.75) is 47.1 Å². The van der Waals surface area contributed by atoms with Gasteiger partial charge in [0.2, 0.25) is 5.91 Å². The van der Waals surface area contributed by atoms with Crippen LogP contribution in [0.2, 0.25) is 0 Å². The molecule has 0 aromatic heterocycles. The average Bonchev–Trinajstić information content (AvgIpc) is 2.14. The molecule has 16 heavy (non-hydrogen) atoms. The van der Waals surface area contributed by atoms with E-state index in [4.69, 9.17) is 10.5 Å². The summed E-state index contributed by atoms with van der Waals surface area (Å²) in [7, 11) is 0. The number of hydrogen-bond acceptors (Lipinski definition) is 3. The molecule has 0 aromatic rings. The summed E-state index contributed by atoms with van der Waals surface area (Å²) in [6, 6.07) is 0. The van der Waals surface area contributed by atoms with E-state index in [1.165, 1.54) is 0 Å².